The van der Waals surface area contributed by atoms with Gasteiger partial charge in [-0.05, 0) is 59.8 Å². The molecule has 1 saturated heterocycles. The topological polar surface area (TPSA) is 40.5 Å². The Morgan fingerprint density at radius 3 is 2.72 bits per heavy atom. The van der Waals surface area contributed by atoms with Crippen molar-refractivity contribution in [2.24, 2.45) is 5.92 Å². The number of anilines is 1. The normalized spacial score (nSPS) is 24.1. The average molecular weight is 312 g/mol. The molecule has 1 aliphatic rings. The summed E-state index contributed by atoms with van der Waals surface area (Å²) in [5.41, 5.74) is 1.42. The Labute approximate surface area is 116 Å². The van der Waals surface area contributed by atoms with Gasteiger partial charge in [-0.1, -0.05) is 6.92 Å². The molecular weight excluding hydrogens is 294 g/mol. The molecule has 0 amide bonds. The van der Waals surface area contributed by atoms with Crippen LogP contribution in [-0.2, 0) is 0 Å². The number of hydrogen-bond acceptors (Lipinski definition) is 2. The van der Waals surface area contributed by atoms with Crippen LogP contribution in [0.15, 0.2) is 22.7 Å². The van der Waals surface area contributed by atoms with Crippen molar-refractivity contribution in [3.63, 3.8) is 0 Å². The van der Waals surface area contributed by atoms with E-state index in [4.69, 9.17) is 5.11 Å². The van der Waals surface area contributed by atoms with E-state index >= 15 is 0 Å². The molecule has 1 heterocycles. The molecule has 1 N–H and O–H groups in total. The summed E-state index contributed by atoms with van der Waals surface area (Å²) in [6, 6.07) is 5.76. The smallest absolute Gasteiger partial charge is 0.335 e. The highest BCUT2D eigenvalue weighted by molar-refractivity contribution is 9.10. The quantitative estimate of drug-likeness (QED) is 0.903. The van der Waals surface area contributed by atoms with Gasteiger partial charge in [-0.2, -0.15) is 0 Å². The third-order valence-corrected chi connectivity index (χ3v) is 4.28. The third-order valence-electron chi connectivity index (χ3n) is 3.64. The number of carbonyl (C=O) groups is 1. The van der Waals surface area contributed by atoms with Crippen molar-refractivity contribution < 1.29 is 9.90 Å². The first-order valence-corrected chi connectivity index (χ1v) is 7.08. The molecule has 0 spiro atoms. The van der Waals surface area contributed by atoms with Gasteiger partial charge in [0.1, 0.15) is 0 Å². The molecular formula is C14H18BrNO2. The Morgan fingerprint density at radius 2 is 2.17 bits per heavy atom. The van der Waals surface area contributed by atoms with Gasteiger partial charge < -0.3 is 10.0 Å². The van der Waals surface area contributed by atoms with Crippen molar-refractivity contribution in [1.82, 2.24) is 0 Å². The number of hydrogen-bond donors (Lipinski definition) is 1. The first-order valence-electron chi connectivity index (χ1n) is 6.28. The fourth-order valence-electron chi connectivity index (χ4n) is 2.64. The molecule has 4 heteroatoms. The van der Waals surface area contributed by atoms with E-state index in [1.807, 2.05) is 6.07 Å². The van der Waals surface area contributed by atoms with Crippen LogP contribution in [0.2, 0.25) is 0 Å². The SMILES string of the molecule is CC1CCN(c2ccc(C(=O)O)cc2Br)C(C)C1. The van der Waals surface area contributed by atoms with E-state index in [0.29, 0.717) is 11.6 Å². The Morgan fingerprint density at radius 1 is 1.44 bits per heavy atom. The maximum Gasteiger partial charge on any atom is 0.335 e. The highest BCUT2D eigenvalue weighted by atomic mass is 79.9. The Balaban J connectivity index is 2.26. The Hall–Kier alpha value is -1.03. The number of carboxylic acids is 1. The number of rotatable bonds is 2. The first-order chi connectivity index (χ1) is 8.49. The van der Waals surface area contributed by atoms with E-state index in [2.05, 4.69) is 34.7 Å². The second-order valence-electron chi connectivity index (χ2n) is 5.14. The molecule has 0 radical (unpaired) electrons. The molecule has 1 fully saturated rings. The van der Waals surface area contributed by atoms with Gasteiger partial charge in [0.05, 0.1) is 11.3 Å². The van der Waals surface area contributed by atoms with Crippen LogP contribution in [0.1, 0.15) is 37.0 Å². The number of halogens is 1. The summed E-state index contributed by atoms with van der Waals surface area (Å²) in [7, 11) is 0. The molecule has 0 aromatic heterocycles. The van der Waals surface area contributed by atoms with Crippen molar-refractivity contribution >= 4 is 27.6 Å². The lowest BCUT2D eigenvalue weighted by Gasteiger charge is -2.38. The summed E-state index contributed by atoms with van der Waals surface area (Å²) in [5, 5.41) is 8.96. The van der Waals surface area contributed by atoms with Crippen LogP contribution in [0.3, 0.4) is 0 Å². The first kappa shape index (κ1) is 13.4. The van der Waals surface area contributed by atoms with Crippen LogP contribution in [0.4, 0.5) is 5.69 Å². The maximum absolute atomic E-state index is 10.9. The molecule has 3 nitrogen and oxygen atoms in total. The molecule has 2 atom stereocenters. The van der Waals surface area contributed by atoms with Gasteiger partial charge >= 0.3 is 5.97 Å². The molecule has 2 rings (SSSR count). The molecule has 1 aromatic rings. The summed E-state index contributed by atoms with van der Waals surface area (Å²) >= 11 is 3.49. The predicted molar refractivity (Wildman–Crippen MR) is 76.3 cm³/mol. The van der Waals surface area contributed by atoms with Gasteiger partial charge in [0.15, 0.2) is 0 Å². The molecule has 1 aliphatic heterocycles. The summed E-state index contributed by atoms with van der Waals surface area (Å²) in [5.74, 6) is -0.115. The van der Waals surface area contributed by atoms with Crippen molar-refractivity contribution in [2.75, 3.05) is 11.4 Å². The molecule has 98 valence electrons. The maximum atomic E-state index is 10.9. The lowest BCUT2D eigenvalue weighted by molar-refractivity contribution is 0.0697. The largest absolute Gasteiger partial charge is 0.478 e. The van der Waals surface area contributed by atoms with E-state index in [9.17, 15) is 4.79 Å². The number of nitrogens with zero attached hydrogens (tertiary/aromatic N) is 1. The molecule has 2 unspecified atom stereocenters. The minimum Gasteiger partial charge on any atom is -0.478 e. The number of carboxylic acid groups (broad SMARTS) is 1. The Kier molecular flexibility index (Phi) is 3.95. The van der Waals surface area contributed by atoms with Crippen molar-refractivity contribution in [3.8, 4) is 0 Å². The second-order valence-corrected chi connectivity index (χ2v) is 6.00. The Bertz CT molecular complexity index is 461. The van der Waals surface area contributed by atoms with Crippen molar-refractivity contribution in [3.05, 3.63) is 28.2 Å². The molecule has 18 heavy (non-hydrogen) atoms. The summed E-state index contributed by atoms with van der Waals surface area (Å²) in [6.07, 6.45) is 2.38. The highest BCUT2D eigenvalue weighted by Gasteiger charge is 2.24. The fourth-order valence-corrected chi connectivity index (χ4v) is 3.24. The summed E-state index contributed by atoms with van der Waals surface area (Å²) < 4.78 is 0.865. The van der Waals surface area contributed by atoms with Gasteiger partial charge in [-0.3, -0.25) is 0 Å². The zero-order valence-electron chi connectivity index (χ0n) is 10.7. The van der Waals surface area contributed by atoms with Crippen LogP contribution in [-0.4, -0.2) is 23.7 Å². The molecule has 0 saturated carbocycles. The van der Waals surface area contributed by atoms with Gasteiger partial charge in [0, 0.05) is 17.1 Å². The third kappa shape index (κ3) is 2.69. The van der Waals surface area contributed by atoms with Crippen LogP contribution in [0, 0.1) is 5.92 Å². The van der Waals surface area contributed by atoms with Crippen molar-refractivity contribution in [2.45, 2.75) is 32.7 Å². The van der Waals surface area contributed by atoms with Gasteiger partial charge in [-0.25, -0.2) is 4.79 Å². The molecule has 0 bridgehead atoms. The van der Waals surface area contributed by atoms with Gasteiger partial charge in [0.2, 0.25) is 0 Å². The minimum atomic E-state index is -0.887. The summed E-state index contributed by atoms with van der Waals surface area (Å²) in [4.78, 5) is 13.3. The van der Waals surface area contributed by atoms with E-state index in [0.717, 1.165) is 22.6 Å². The summed E-state index contributed by atoms with van der Waals surface area (Å²) in [6.45, 7) is 5.55. The molecule has 1 aromatic carbocycles. The van der Waals surface area contributed by atoms with Crippen LogP contribution in [0.5, 0.6) is 0 Å². The van der Waals surface area contributed by atoms with Gasteiger partial charge in [-0.15, -0.1) is 0 Å². The second kappa shape index (κ2) is 5.31. The lowest BCUT2D eigenvalue weighted by atomic mass is 9.93. The van der Waals surface area contributed by atoms with E-state index < -0.39 is 5.97 Å². The van der Waals surface area contributed by atoms with E-state index in [-0.39, 0.29) is 0 Å². The fraction of sp³-hybridized carbons (Fsp3) is 0.500. The van der Waals surface area contributed by atoms with Crippen LogP contribution < -0.4 is 4.90 Å². The number of piperidine rings is 1. The molecule has 0 aliphatic carbocycles. The predicted octanol–water partition coefficient (Wildman–Crippen LogP) is 3.77. The number of aromatic carboxylic acids is 1. The average Bonchev–Trinajstić information content (AvgIpc) is 2.30. The van der Waals surface area contributed by atoms with Crippen LogP contribution >= 0.6 is 15.9 Å². The minimum absolute atomic E-state index is 0.323. The van der Waals surface area contributed by atoms with E-state index in [1.165, 1.54) is 12.8 Å². The number of benzene rings is 1. The zero-order valence-corrected chi connectivity index (χ0v) is 12.3. The van der Waals surface area contributed by atoms with E-state index in [1.54, 1.807) is 12.1 Å². The zero-order chi connectivity index (χ0) is 13.3. The van der Waals surface area contributed by atoms with Crippen LogP contribution in [0.25, 0.3) is 0 Å². The van der Waals surface area contributed by atoms with Crippen molar-refractivity contribution in [1.29, 1.82) is 0 Å². The highest BCUT2D eigenvalue weighted by Crippen LogP contribution is 2.33. The monoisotopic (exact) mass is 311 g/mol. The lowest BCUT2D eigenvalue weighted by Crippen LogP contribution is -2.40. The van der Waals surface area contributed by atoms with Gasteiger partial charge in [0.25, 0.3) is 0 Å². The standard InChI is InChI=1S/C14H18BrNO2/c1-9-5-6-16(10(2)7-9)13-4-3-11(14(17)18)8-12(13)15/h3-4,8-10H,5-7H2,1-2H3,(H,17,18).